The maximum absolute atomic E-state index is 14.5. The number of aromatic amines is 1. The average molecular weight is 1560 g/mol. The number of para-hydroxylation sites is 1. The fourth-order valence-corrected chi connectivity index (χ4v) is 12.7. The van der Waals surface area contributed by atoms with Crippen LogP contribution >= 0.6 is 0 Å². The molecule has 1 aromatic carbocycles. The van der Waals surface area contributed by atoms with E-state index in [-0.39, 0.29) is 107 Å². The second-order valence-corrected chi connectivity index (χ2v) is 29.3. The van der Waals surface area contributed by atoms with E-state index in [1.807, 2.05) is 0 Å². The molecular weight excluding hydrogens is 1440 g/mol. The Morgan fingerprint density at radius 2 is 1.06 bits per heavy atom. The fourth-order valence-electron chi connectivity index (χ4n) is 12.7. The molecule has 0 saturated carbocycles. The van der Waals surface area contributed by atoms with Crippen LogP contribution in [0.5, 0.6) is 0 Å². The molecule has 4 heterocycles. The molecule has 3 aliphatic heterocycles. The van der Waals surface area contributed by atoms with Gasteiger partial charge in [-0.3, -0.25) is 82.0 Å². The molecule has 0 radical (unpaired) electrons. The summed E-state index contributed by atoms with van der Waals surface area (Å²) in [4.78, 5) is 217. The molecule has 0 aliphatic carbocycles. The Balaban J connectivity index is 1.26. The Morgan fingerprint density at radius 3 is 1.63 bits per heavy atom. The van der Waals surface area contributed by atoms with E-state index in [4.69, 9.17) is 22.9 Å². The minimum atomic E-state index is -1.85. The van der Waals surface area contributed by atoms with Crippen molar-refractivity contribution in [3.63, 3.8) is 0 Å². The van der Waals surface area contributed by atoms with Gasteiger partial charge in [-0.15, -0.1) is 0 Å². The van der Waals surface area contributed by atoms with Crippen LogP contribution in [0.15, 0.2) is 30.5 Å². The Labute approximate surface area is 645 Å². The molecule has 111 heavy (non-hydrogen) atoms. The molecule has 2 bridgehead atoms. The van der Waals surface area contributed by atoms with E-state index in [0.29, 0.717) is 88.5 Å². The van der Waals surface area contributed by atoms with Crippen LogP contribution in [-0.2, 0) is 83.1 Å². The van der Waals surface area contributed by atoms with Crippen LogP contribution < -0.4 is 124 Å². The van der Waals surface area contributed by atoms with E-state index in [1.165, 1.54) is 14.0 Å². The van der Waals surface area contributed by atoms with Gasteiger partial charge in [-0.05, 0) is 81.8 Å². The number of aromatic nitrogens is 1. The SMILES string of the molecule is CNC(=O)[C@@H](NC(=O)[C@H](C)NC(=O)[C@H](Cc1c[nH]c2ccccc12)NC(=O)[C@H](CCC(N)=O)NC(=O)[C@H](CC(N)=O)NC(=O)CNC(=O)[C@H](CC(C)C)NC(=O)[C@H](CCCCNC(=O)CCCC(=O)NC12CNCCNCC(N)(CNCCNC1)CNCCN2)NC(=O)[C@H](CCC(N)=O)NC(=O)[C@@H]1CCC(=O)N1)C(C)C. The number of unbranched alkanes of at least 4 members (excludes halogenated alkanes) is 1. The Kier molecular flexibility index (Phi) is 38.5. The first kappa shape index (κ1) is 91.6. The van der Waals surface area contributed by atoms with Crippen LogP contribution in [-0.4, -0.2) is 257 Å². The number of hydrogen-bond donors (Lipinski definition) is 24. The summed E-state index contributed by atoms with van der Waals surface area (Å²) < 4.78 is 0. The molecule has 28 N–H and O–H groups in total. The highest BCUT2D eigenvalue weighted by molar-refractivity contribution is 6.00. The number of primary amides is 3. The first-order valence-corrected chi connectivity index (χ1v) is 37.9. The molecule has 3 aliphatic rings. The first-order valence-electron chi connectivity index (χ1n) is 37.9. The van der Waals surface area contributed by atoms with Gasteiger partial charge in [0.15, 0.2) is 0 Å². The van der Waals surface area contributed by atoms with Gasteiger partial charge in [0.1, 0.15) is 60.0 Å². The van der Waals surface area contributed by atoms with Crippen LogP contribution in [0.4, 0.5) is 0 Å². The highest BCUT2D eigenvalue weighted by atomic mass is 16.2. The fraction of sp³-hybridized carbons (Fsp3) is 0.662. The van der Waals surface area contributed by atoms with Crippen molar-refractivity contribution in [3.8, 4) is 0 Å². The molecule has 0 spiro atoms. The third-order valence-corrected chi connectivity index (χ3v) is 18.8. The van der Waals surface area contributed by atoms with Gasteiger partial charge in [0.05, 0.1) is 18.5 Å². The van der Waals surface area contributed by atoms with E-state index in [0.717, 1.165) is 0 Å². The van der Waals surface area contributed by atoms with Crippen molar-refractivity contribution < 1.29 is 76.7 Å². The van der Waals surface area contributed by atoms with Crippen molar-refractivity contribution in [1.29, 1.82) is 0 Å². The maximum Gasteiger partial charge on any atom is 0.243 e. The lowest BCUT2D eigenvalue weighted by molar-refractivity contribution is -0.136. The molecule has 3 saturated heterocycles. The van der Waals surface area contributed by atoms with E-state index >= 15 is 0 Å². The number of hydrogen-bond acceptors (Lipinski definition) is 23. The summed E-state index contributed by atoms with van der Waals surface area (Å²) in [6.45, 7) is 13.6. The lowest BCUT2D eigenvalue weighted by atomic mass is 10.0. The minimum Gasteiger partial charge on any atom is -0.370 e. The second-order valence-electron chi connectivity index (χ2n) is 29.3. The molecular formula is C71H118N24O16. The van der Waals surface area contributed by atoms with Crippen molar-refractivity contribution in [2.45, 2.75) is 197 Å². The summed E-state index contributed by atoms with van der Waals surface area (Å²) in [5, 5.41) is 55.0. The van der Waals surface area contributed by atoms with E-state index in [9.17, 15) is 76.7 Å². The summed E-state index contributed by atoms with van der Waals surface area (Å²) in [6.07, 6.45) is -0.569. The third-order valence-electron chi connectivity index (χ3n) is 18.8. The lowest BCUT2D eigenvalue weighted by Crippen LogP contribution is -2.69. The van der Waals surface area contributed by atoms with Gasteiger partial charge in [-0.1, -0.05) is 45.9 Å². The predicted octanol–water partition coefficient (Wildman–Crippen LogP) is -8.61. The topological polar surface area (TPSA) is 622 Å². The Morgan fingerprint density at radius 1 is 0.523 bits per heavy atom. The van der Waals surface area contributed by atoms with E-state index < -0.39 is 174 Å². The largest absolute Gasteiger partial charge is 0.370 e. The van der Waals surface area contributed by atoms with Crippen LogP contribution in [0.3, 0.4) is 0 Å². The summed E-state index contributed by atoms with van der Waals surface area (Å²) in [7, 11) is 1.40. The zero-order valence-electron chi connectivity index (χ0n) is 64.4. The molecule has 0 unspecified atom stereocenters. The first-order chi connectivity index (χ1) is 52.7. The van der Waals surface area contributed by atoms with Gasteiger partial charge in [0, 0.05) is 141 Å². The number of carbonyl (C=O) groups is 16. The zero-order valence-corrected chi connectivity index (χ0v) is 64.4. The van der Waals surface area contributed by atoms with Gasteiger partial charge in [-0.2, -0.15) is 0 Å². The standard InChI is InChI=1S/C71H118N24O16/c1-40(2)30-50(62(104)84-34-59(102)88-52(32-55(74)98)68(110)91-49(18-21-54(73)97)66(108)93-51(31-43-33-83-45-13-8-7-12-44(43)45)67(109)86-42(5)61(103)94-60(41(3)4)69(111)76-6)92-63(105)46(89-65(107)48(17-20-53(72)96)90-64(106)47-19-22-57(100)87-47)14-9-10-23-82-56(99)15-11-16-58(101)95-71-38-80-26-24-77-35-70(75,37-79-28-29-85-71)36-78-25-27-81-39-71/h7-8,12-13,33,40-42,46-52,60,77-81,83,85H,9-11,14-32,34-39,75H2,1-6H3,(H2,72,96)(H2,73,97)(H2,74,98)(H,76,111)(H,82,99)(H,84,104)(H,86,109)(H,87,100)(H,88,102)(H,89,107)(H,90,106)(H,91,110)(H,92,105)(H,93,108)(H,94,103)(H,95,101)/t42-,46-,47-,48-,49-,50-,51-,52-,60-,70?,71?/m0/s1. The molecule has 40 heteroatoms. The number of amides is 16. The highest BCUT2D eigenvalue weighted by Crippen LogP contribution is 2.20. The van der Waals surface area contributed by atoms with Crippen LogP contribution in [0.2, 0.25) is 0 Å². The molecule has 3 fully saturated rings. The molecule has 5 rings (SSSR count). The van der Waals surface area contributed by atoms with Crippen molar-refractivity contribution in [2.24, 2.45) is 34.8 Å². The van der Waals surface area contributed by atoms with Gasteiger partial charge >= 0.3 is 0 Å². The molecule has 16 amide bonds. The van der Waals surface area contributed by atoms with Crippen LogP contribution in [0.25, 0.3) is 10.9 Å². The maximum atomic E-state index is 14.5. The number of rotatable bonds is 42. The van der Waals surface area contributed by atoms with E-state index in [1.54, 1.807) is 58.2 Å². The summed E-state index contributed by atoms with van der Waals surface area (Å²) in [6, 6.07) is -5.58. The van der Waals surface area contributed by atoms with Crippen molar-refractivity contribution in [2.75, 3.05) is 92.1 Å². The number of H-pyrrole nitrogens is 1. The van der Waals surface area contributed by atoms with E-state index in [2.05, 4.69) is 106 Å². The number of carbonyl (C=O) groups excluding carboxylic acids is 16. The highest BCUT2D eigenvalue weighted by Gasteiger charge is 2.38. The molecule has 1 aromatic heterocycles. The average Bonchev–Trinajstić information content (AvgIpc) is 1.71. The third kappa shape index (κ3) is 32.8. The number of benzene rings is 1. The number of nitrogens with two attached hydrogens (primary N) is 4. The predicted molar refractivity (Wildman–Crippen MR) is 407 cm³/mol. The van der Waals surface area contributed by atoms with Crippen molar-refractivity contribution in [1.82, 2.24) is 106 Å². The van der Waals surface area contributed by atoms with Gasteiger partial charge in [0.2, 0.25) is 94.5 Å². The number of likely N-dealkylation sites (N-methyl/N-ethyl adjacent to an activating group) is 1. The van der Waals surface area contributed by atoms with Gasteiger partial charge < -0.3 is 124 Å². The Hall–Kier alpha value is -10.0. The molecule has 9 atom stereocenters. The van der Waals surface area contributed by atoms with Crippen LogP contribution in [0.1, 0.15) is 130 Å². The normalized spacial score (nSPS) is 19.8. The molecule has 40 nitrogen and oxygen atoms in total. The molecule has 2 aromatic rings. The summed E-state index contributed by atoms with van der Waals surface area (Å²) in [5.41, 5.74) is 23.0. The molecule has 618 valence electrons. The Bertz CT molecular complexity index is 3520. The second kappa shape index (κ2) is 46.6. The number of fused-ring (bicyclic) bond motifs is 7. The van der Waals surface area contributed by atoms with Gasteiger partial charge in [-0.25, -0.2) is 0 Å². The lowest BCUT2D eigenvalue weighted by Gasteiger charge is -2.37. The summed E-state index contributed by atoms with van der Waals surface area (Å²) >= 11 is 0. The van der Waals surface area contributed by atoms with Crippen molar-refractivity contribution in [3.05, 3.63) is 36.0 Å². The zero-order chi connectivity index (χ0) is 81.8. The number of nitrogens with one attached hydrogen (secondary N) is 20. The van der Waals surface area contributed by atoms with Gasteiger partial charge in [0.25, 0.3) is 0 Å². The smallest absolute Gasteiger partial charge is 0.243 e. The summed E-state index contributed by atoms with van der Waals surface area (Å²) in [5.74, 6) is -13.5. The van der Waals surface area contributed by atoms with Crippen molar-refractivity contribution >= 4 is 105 Å². The minimum absolute atomic E-state index is 0.00415. The van der Waals surface area contributed by atoms with Crippen LogP contribution in [0, 0.1) is 11.8 Å². The monoisotopic (exact) mass is 1560 g/mol. The quantitative estimate of drug-likeness (QED) is 0.0275.